The van der Waals surface area contributed by atoms with E-state index in [0.717, 1.165) is 25.0 Å². The van der Waals surface area contributed by atoms with Crippen molar-refractivity contribution in [2.45, 2.75) is 37.9 Å². The number of nitrogens with one attached hydrogen (secondary N) is 1. The van der Waals surface area contributed by atoms with E-state index in [-0.39, 0.29) is 5.91 Å². The summed E-state index contributed by atoms with van der Waals surface area (Å²) in [6, 6.07) is 7.31. The molecule has 1 aromatic rings. The van der Waals surface area contributed by atoms with E-state index in [4.69, 9.17) is 4.74 Å². The van der Waals surface area contributed by atoms with E-state index in [2.05, 4.69) is 35.1 Å². The molecule has 0 bridgehead atoms. The average molecular weight is 328 g/mol. The van der Waals surface area contributed by atoms with E-state index < -0.39 is 0 Å². The van der Waals surface area contributed by atoms with Gasteiger partial charge in [0.25, 0.3) is 5.91 Å². The molecule has 106 valence electrons. The zero-order chi connectivity index (χ0) is 14.1. The first-order valence-corrected chi connectivity index (χ1v) is 7.74. The minimum Gasteiger partial charge on any atom is -0.494 e. The van der Waals surface area contributed by atoms with Crippen molar-refractivity contribution in [2.75, 3.05) is 13.2 Å². The van der Waals surface area contributed by atoms with Crippen LogP contribution in [0.4, 0.5) is 0 Å². The highest BCUT2D eigenvalue weighted by Gasteiger charge is 2.07. The van der Waals surface area contributed by atoms with E-state index in [1.54, 1.807) is 12.1 Å². The number of amides is 1. The molecule has 1 rings (SSSR count). The molecule has 1 N–H and O–H groups in total. The summed E-state index contributed by atoms with van der Waals surface area (Å²) in [7, 11) is 0. The van der Waals surface area contributed by atoms with Crippen LogP contribution in [0.1, 0.15) is 43.5 Å². The summed E-state index contributed by atoms with van der Waals surface area (Å²) in [5.74, 6) is 0.708. The van der Waals surface area contributed by atoms with E-state index in [1.165, 1.54) is 0 Å². The molecule has 0 aliphatic rings. The molecular weight excluding hydrogens is 306 g/mol. The Morgan fingerprint density at radius 3 is 2.89 bits per heavy atom. The fourth-order valence-corrected chi connectivity index (χ4v) is 1.82. The normalized spacial score (nSPS) is 11.9. The predicted molar refractivity (Wildman–Crippen MR) is 82.2 cm³/mol. The number of carbonyl (C=O) groups is 1. The van der Waals surface area contributed by atoms with Crippen molar-refractivity contribution >= 4 is 21.8 Å². The summed E-state index contributed by atoms with van der Waals surface area (Å²) in [6.07, 6.45) is 2.96. The molecule has 1 atom stereocenters. The molecule has 0 heterocycles. The molecule has 0 saturated carbocycles. The van der Waals surface area contributed by atoms with Gasteiger partial charge in [-0.1, -0.05) is 35.8 Å². The third-order valence-corrected chi connectivity index (χ3v) is 3.86. The van der Waals surface area contributed by atoms with E-state index in [9.17, 15) is 4.79 Å². The number of hydrogen-bond acceptors (Lipinski definition) is 2. The molecule has 1 amide bonds. The van der Waals surface area contributed by atoms with Gasteiger partial charge in [0.15, 0.2) is 0 Å². The van der Waals surface area contributed by atoms with Crippen LogP contribution in [0.3, 0.4) is 0 Å². The van der Waals surface area contributed by atoms with Gasteiger partial charge in [0.1, 0.15) is 5.75 Å². The van der Waals surface area contributed by atoms with Gasteiger partial charge in [-0.25, -0.2) is 0 Å². The first-order valence-electron chi connectivity index (χ1n) is 6.82. The second kappa shape index (κ2) is 8.97. The van der Waals surface area contributed by atoms with Gasteiger partial charge in [-0.05, 0) is 37.5 Å². The van der Waals surface area contributed by atoms with Gasteiger partial charge in [-0.15, -0.1) is 0 Å². The topological polar surface area (TPSA) is 38.3 Å². The van der Waals surface area contributed by atoms with Crippen molar-refractivity contribution in [2.24, 2.45) is 0 Å². The summed E-state index contributed by atoms with van der Waals surface area (Å²) in [6.45, 7) is 5.53. The van der Waals surface area contributed by atoms with E-state index in [1.807, 2.05) is 12.1 Å². The van der Waals surface area contributed by atoms with Crippen LogP contribution in [0.15, 0.2) is 24.3 Å². The highest BCUT2D eigenvalue weighted by molar-refractivity contribution is 9.09. The van der Waals surface area contributed by atoms with Gasteiger partial charge in [-0.3, -0.25) is 4.79 Å². The third kappa shape index (κ3) is 6.10. The molecule has 0 aromatic heterocycles. The molecule has 0 fully saturated rings. The van der Waals surface area contributed by atoms with Crippen molar-refractivity contribution in [3.8, 4) is 5.75 Å². The summed E-state index contributed by atoms with van der Waals surface area (Å²) >= 11 is 3.55. The van der Waals surface area contributed by atoms with Crippen molar-refractivity contribution in [3.05, 3.63) is 29.8 Å². The van der Waals surface area contributed by atoms with Crippen LogP contribution in [0, 0.1) is 0 Å². The van der Waals surface area contributed by atoms with Crippen molar-refractivity contribution in [1.29, 1.82) is 0 Å². The van der Waals surface area contributed by atoms with Crippen LogP contribution >= 0.6 is 15.9 Å². The number of halogens is 1. The van der Waals surface area contributed by atoms with Gasteiger partial charge in [0.05, 0.1) is 6.61 Å². The van der Waals surface area contributed by atoms with Crippen LogP contribution in [0.5, 0.6) is 5.75 Å². The second-order valence-corrected chi connectivity index (χ2v) is 5.72. The molecule has 3 nitrogen and oxygen atoms in total. The maximum Gasteiger partial charge on any atom is 0.251 e. The molecule has 1 unspecified atom stereocenters. The zero-order valence-corrected chi connectivity index (χ0v) is 13.2. The zero-order valence-electron chi connectivity index (χ0n) is 11.6. The lowest BCUT2D eigenvalue weighted by Gasteiger charge is -2.09. The standard InChI is InChI=1S/C15H22BrNO2/c1-3-10-19-14-7-5-6-12(11-14)15(18)17-9-8-13(16)4-2/h5-7,11,13H,3-4,8-10H2,1-2H3,(H,17,18). The number of carbonyl (C=O) groups excluding carboxylic acids is 1. The largest absolute Gasteiger partial charge is 0.494 e. The molecule has 1 aromatic carbocycles. The van der Waals surface area contributed by atoms with Crippen molar-refractivity contribution in [1.82, 2.24) is 5.32 Å². The maximum atomic E-state index is 12.0. The number of benzene rings is 1. The lowest BCUT2D eigenvalue weighted by atomic mass is 10.2. The van der Waals surface area contributed by atoms with Gasteiger partial charge in [0.2, 0.25) is 0 Å². The Hall–Kier alpha value is -1.03. The van der Waals surface area contributed by atoms with Gasteiger partial charge in [-0.2, -0.15) is 0 Å². The monoisotopic (exact) mass is 327 g/mol. The quantitative estimate of drug-likeness (QED) is 0.738. The smallest absolute Gasteiger partial charge is 0.251 e. The lowest BCUT2D eigenvalue weighted by Crippen LogP contribution is -2.25. The lowest BCUT2D eigenvalue weighted by molar-refractivity contribution is 0.0952. The predicted octanol–water partition coefficient (Wildman–Crippen LogP) is 3.77. The van der Waals surface area contributed by atoms with Crippen molar-refractivity contribution < 1.29 is 9.53 Å². The molecular formula is C15H22BrNO2. The van der Waals surface area contributed by atoms with Gasteiger partial charge < -0.3 is 10.1 Å². The fourth-order valence-electron chi connectivity index (χ4n) is 1.60. The second-order valence-electron chi connectivity index (χ2n) is 4.43. The summed E-state index contributed by atoms with van der Waals surface area (Å²) in [5, 5.41) is 2.92. The molecule has 0 aliphatic heterocycles. The Morgan fingerprint density at radius 2 is 2.21 bits per heavy atom. The Bertz CT molecular complexity index is 395. The summed E-state index contributed by atoms with van der Waals surface area (Å²) < 4.78 is 5.52. The highest BCUT2D eigenvalue weighted by atomic mass is 79.9. The SMILES string of the molecule is CCCOc1cccc(C(=O)NCCC(Br)CC)c1. The van der Waals surface area contributed by atoms with Crippen LogP contribution in [0.25, 0.3) is 0 Å². The van der Waals surface area contributed by atoms with Crippen LogP contribution in [0.2, 0.25) is 0 Å². The molecule has 0 spiro atoms. The molecule has 0 saturated heterocycles. The number of alkyl halides is 1. The van der Waals surface area contributed by atoms with Crippen LogP contribution < -0.4 is 10.1 Å². The van der Waals surface area contributed by atoms with E-state index >= 15 is 0 Å². The number of hydrogen-bond donors (Lipinski definition) is 1. The average Bonchev–Trinajstić information content (AvgIpc) is 2.45. The van der Waals surface area contributed by atoms with Gasteiger partial charge in [0, 0.05) is 16.9 Å². The Kier molecular flexibility index (Phi) is 7.56. The Morgan fingerprint density at radius 1 is 1.42 bits per heavy atom. The first kappa shape index (κ1) is 16.0. The third-order valence-electron chi connectivity index (χ3n) is 2.76. The molecule has 19 heavy (non-hydrogen) atoms. The summed E-state index contributed by atoms with van der Waals surface area (Å²) in [5.41, 5.74) is 0.649. The Labute approximate surface area is 123 Å². The molecule has 0 radical (unpaired) electrons. The van der Waals surface area contributed by atoms with Crippen molar-refractivity contribution in [3.63, 3.8) is 0 Å². The first-order chi connectivity index (χ1) is 9.17. The maximum absolute atomic E-state index is 12.0. The van der Waals surface area contributed by atoms with Gasteiger partial charge >= 0.3 is 0 Å². The van der Waals surface area contributed by atoms with Crippen LogP contribution in [-0.2, 0) is 0 Å². The molecule has 4 heteroatoms. The van der Waals surface area contributed by atoms with Crippen LogP contribution in [-0.4, -0.2) is 23.9 Å². The minimum atomic E-state index is -0.0437. The Balaban J connectivity index is 2.47. The van der Waals surface area contributed by atoms with E-state index in [0.29, 0.717) is 23.5 Å². The minimum absolute atomic E-state index is 0.0437. The summed E-state index contributed by atoms with van der Waals surface area (Å²) in [4.78, 5) is 12.4. The fraction of sp³-hybridized carbons (Fsp3) is 0.533. The highest BCUT2D eigenvalue weighted by Crippen LogP contribution is 2.14. The number of ether oxygens (including phenoxy) is 1. The number of rotatable bonds is 8. The molecule has 0 aliphatic carbocycles.